The largest absolute Gasteiger partial charge is 0.393 e. The van der Waals surface area contributed by atoms with E-state index in [2.05, 4.69) is 67.5 Å². The minimum Gasteiger partial charge on any atom is -0.393 e. The van der Waals surface area contributed by atoms with Crippen molar-refractivity contribution in [1.29, 1.82) is 0 Å². The molecule has 4 saturated carbocycles. The van der Waals surface area contributed by atoms with Gasteiger partial charge in [0.1, 0.15) is 0 Å². The Hall–Kier alpha value is -0.300. The summed E-state index contributed by atoms with van der Waals surface area (Å²) in [5, 5.41) is 10.8. The summed E-state index contributed by atoms with van der Waals surface area (Å²) in [5.41, 5.74) is 2.11. The molecule has 31 heavy (non-hydrogen) atoms. The summed E-state index contributed by atoms with van der Waals surface area (Å²) in [6.07, 6.45) is 17.2. The molecule has 0 unspecified atom stereocenters. The Labute approximate surface area is 192 Å². The van der Waals surface area contributed by atoms with E-state index in [0.29, 0.717) is 33.0 Å². The smallest absolute Gasteiger partial charge is 0.0594 e. The highest BCUT2D eigenvalue weighted by Gasteiger charge is 2.68. The monoisotopic (exact) mass is 426 g/mol. The lowest BCUT2D eigenvalue weighted by Crippen LogP contribution is -2.65. The Morgan fingerprint density at radius 2 is 1.35 bits per heavy atom. The first kappa shape index (κ1) is 22.5. The molecule has 9 atom stereocenters. The number of allylic oxidation sites excluding steroid dienone is 2. The Kier molecular flexibility index (Phi) is 4.66. The number of aliphatic hydroxyl groups excluding tert-OH is 1. The minimum atomic E-state index is -0.113. The van der Waals surface area contributed by atoms with Crippen molar-refractivity contribution < 1.29 is 5.11 Å². The van der Waals surface area contributed by atoms with Crippen molar-refractivity contribution >= 4 is 0 Å². The fraction of sp³-hybridized carbons (Fsp3) is 0.933. The molecule has 0 heterocycles. The van der Waals surface area contributed by atoms with Gasteiger partial charge in [-0.05, 0) is 114 Å². The molecule has 1 heteroatoms. The lowest BCUT2D eigenvalue weighted by Gasteiger charge is -2.72. The minimum absolute atomic E-state index is 0.0763. The van der Waals surface area contributed by atoms with Gasteiger partial charge in [-0.2, -0.15) is 0 Å². The molecule has 0 saturated heterocycles. The van der Waals surface area contributed by atoms with E-state index < -0.39 is 0 Å². The third-order valence-corrected chi connectivity index (χ3v) is 13.1. The van der Waals surface area contributed by atoms with Gasteiger partial charge in [-0.3, -0.25) is 0 Å². The van der Waals surface area contributed by atoms with Crippen LogP contribution in [-0.2, 0) is 0 Å². The van der Waals surface area contributed by atoms with Gasteiger partial charge in [0.15, 0.2) is 0 Å². The molecular formula is C30H50O. The van der Waals surface area contributed by atoms with Crippen LogP contribution in [0.1, 0.15) is 113 Å². The second-order valence-electron chi connectivity index (χ2n) is 15.2. The van der Waals surface area contributed by atoms with Gasteiger partial charge in [0, 0.05) is 0 Å². The number of hydrogen-bond donors (Lipinski definition) is 1. The quantitative estimate of drug-likeness (QED) is 0.389. The first-order valence-corrected chi connectivity index (χ1v) is 13.6. The van der Waals surface area contributed by atoms with E-state index in [0.717, 1.165) is 24.2 Å². The molecule has 5 rings (SSSR count). The van der Waals surface area contributed by atoms with Gasteiger partial charge in [-0.15, -0.1) is 0 Å². The molecule has 0 aliphatic heterocycles. The van der Waals surface area contributed by atoms with Crippen LogP contribution in [0.15, 0.2) is 12.2 Å². The van der Waals surface area contributed by atoms with Gasteiger partial charge in [-0.1, -0.05) is 67.5 Å². The van der Waals surface area contributed by atoms with E-state index in [1.807, 2.05) is 0 Å². The Morgan fingerprint density at radius 1 is 0.677 bits per heavy atom. The van der Waals surface area contributed by atoms with Crippen LogP contribution in [0.4, 0.5) is 0 Å². The van der Waals surface area contributed by atoms with Crippen molar-refractivity contribution in [3.8, 4) is 0 Å². The lowest BCUT2D eigenvalue weighted by atomic mass is 9.32. The summed E-state index contributed by atoms with van der Waals surface area (Å²) in [6, 6.07) is 0. The maximum Gasteiger partial charge on any atom is 0.0594 e. The van der Waals surface area contributed by atoms with Gasteiger partial charge >= 0.3 is 0 Å². The second kappa shape index (κ2) is 6.43. The molecule has 0 aromatic carbocycles. The van der Waals surface area contributed by atoms with Crippen molar-refractivity contribution in [2.24, 2.45) is 56.2 Å². The van der Waals surface area contributed by atoms with E-state index in [1.54, 1.807) is 0 Å². The van der Waals surface area contributed by atoms with Gasteiger partial charge in [0.25, 0.3) is 0 Å². The summed E-state index contributed by atoms with van der Waals surface area (Å²) in [4.78, 5) is 0. The molecule has 0 spiro atoms. The van der Waals surface area contributed by atoms with Crippen molar-refractivity contribution in [3.05, 3.63) is 12.2 Å². The summed E-state index contributed by atoms with van der Waals surface area (Å²) < 4.78 is 0. The van der Waals surface area contributed by atoms with Crippen LogP contribution >= 0.6 is 0 Å². The van der Waals surface area contributed by atoms with E-state index in [9.17, 15) is 5.11 Å². The zero-order chi connectivity index (χ0) is 22.7. The summed E-state index contributed by atoms with van der Waals surface area (Å²) in [6.45, 7) is 20.4. The van der Waals surface area contributed by atoms with Crippen LogP contribution < -0.4 is 0 Å². The Morgan fingerprint density at radius 3 is 2.06 bits per heavy atom. The standard InChI is InChI=1S/C30H50O/c1-25(2)13-14-27(5)15-17-29(7)22-11-9-20-21(10-12-24(31)26(20,3)4)28(22,6)16-18-30(29,8)23(27)19-25/h15,17,20-24,31H,9-14,16,18-19H2,1-8H3/t20-,21+,22-,23+,24-,27+,28-,29+,30-/m0/s1. The molecule has 0 amide bonds. The normalized spacial score (nSPS) is 57.3. The third-order valence-electron chi connectivity index (χ3n) is 13.1. The van der Waals surface area contributed by atoms with E-state index in [-0.39, 0.29) is 11.5 Å². The topological polar surface area (TPSA) is 20.2 Å². The van der Waals surface area contributed by atoms with Crippen molar-refractivity contribution in [1.82, 2.24) is 0 Å². The molecule has 0 aromatic heterocycles. The number of rotatable bonds is 0. The fourth-order valence-electron chi connectivity index (χ4n) is 10.6. The maximum absolute atomic E-state index is 10.8. The predicted octanol–water partition coefficient (Wildman–Crippen LogP) is 8.02. The highest BCUT2D eigenvalue weighted by Crippen LogP contribution is 2.76. The zero-order valence-electron chi connectivity index (χ0n) is 21.9. The third kappa shape index (κ3) is 2.77. The van der Waals surface area contributed by atoms with Gasteiger partial charge in [-0.25, -0.2) is 0 Å². The molecule has 4 fully saturated rings. The average molecular weight is 427 g/mol. The first-order chi connectivity index (χ1) is 14.2. The molecule has 5 aliphatic rings. The van der Waals surface area contributed by atoms with Gasteiger partial charge in [0.2, 0.25) is 0 Å². The molecule has 5 aliphatic carbocycles. The van der Waals surface area contributed by atoms with Crippen LogP contribution in [0.3, 0.4) is 0 Å². The van der Waals surface area contributed by atoms with Gasteiger partial charge in [0.05, 0.1) is 6.10 Å². The fourth-order valence-corrected chi connectivity index (χ4v) is 10.6. The number of fused-ring (bicyclic) bond motifs is 7. The zero-order valence-corrected chi connectivity index (χ0v) is 21.9. The van der Waals surface area contributed by atoms with Crippen molar-refractivity contribution in [2.45, 2.75) is 119 Å². The van der Waals surface area contributed by atoms with Crippen molar-refractivity contribution in [3.63, 3.8) is 0 Å². The molecule has 1 nitrogen and oxygen atoms in total. The average Bonchev–Trinajstić information content (AvgIpc) is 2.68. The Bertz CT molecular complexity index is 777. The van der Waals surface area contributed by atoms with Crippen LogP contribution in [0.25, 0.3) is 0 Å². The predicted molar refractivity (Wildman–Crippen MR) is 131 cm³/mol. The molecular weight excluding hydrogens is 376 g/mol. The Balaban J connectivity index is 1.56. The molecule has 176 valence electrons. The summed E-state index contributed by atoms with van der Waals surface area (Å²) >= 11 is 0. The van der Waals surface area contributed by atoms with Crippen LogP contribution in [0.2, 0.25) is 0 Å². The second-order valence-corrected chi connectivity index (χ2v) is 15.2. The molecule has 0 bridgehead atoms. The van der Waals surface area contributed by atoms with Crippen LogP contribution in [0.5, 0.6) is 0 Å². The van der Waals surface area contributed by atoms with E-state index in [1.165, 1.54) is 51.4 Å². The highest BCUT2D eigenvalue weighted by atomic mass is 16.3. The van der Waals surface area contributed by atoms with Crippen LogP contribution in [0, 0.1) is 56.2 Å². The van der Waals surface area contributed by atoms with Crippen LogP contribution in [-0.4, -0.2) is 11.2 Å². The van der Waals surface area contributed by atoms with E-state index in [4.69, 9.17) is 0 Å². The van der Waals surface area contributed by atoms with Crippen molar-refractivity contribution in [2.75, 3.05) is 0 Å². The number of aliphatic hydroxyl groups is 1. The highest BCUT2D eigenvalue weighted by molar-refractivity contribution is 5.27. The maximum atomic E-state index is 10.8. The molecule has 0 aromatic rings. The van der Waals surface area contributed by atoms with Gasteiger partial charge < -0.3 is 5.11 Å². The SMILES string of the molecule is CC1(C)CC[C@]2(C)C=C[C@]3(C)[C@H]4CC[C@H]5[C@@H](CC[C@H](O)C5(C)C)[C@]4(C)CC[C@@]3(C)[C@@H]2C1. The lowest BCUT2D eigenvalue weighted by molar-refractivity contribution is -0.219. The first-order valence-electron chi connectivity index (χ1n) is 13.6. The summed E-state index contributed by atoms with van der Waals surface area (Å²) in [7, 11) is 0. The molecule has 1 N–H and O–H groups in total. The summed E-state index contributed by atoms with van der Waals surface area (Å²) in [5.74, 6) is 3.08. The van der Waals surface area contributed by atoms with E-state index >= 15 is 0 Å². The number of hydrogen-bond acceptors (Lipinski definition) is 1. The molecule has 0 radical (unpaired) electrons.